The Bertz CT molecular complexity index is 554. The highest BCUT2D eigenvalue weighted by molar-refractivity contribution is 5.99. The van der Waals surface area contributed by atoms with E-state index in [0.29, 0.717) is 18.1 Å². The lowest BCUT2D eigenvalue weighted by atomic mass is 10.2. The second kappa shape index (κ2) is 5.68. The number of nitrogens with zero attached hydrogens (tertiary/aromatic N) is 3. The molecule has 0 aliphatic carbocycles. The first-order chi connectivity index (χ1) is 9.47. The van der Waals surface area contributed by atoms with Gasteiger partial charge < -0.3 is 20.4 Å². The van der Waals surface area contributed by atoms with E-state index < -0.39 is 0 Å². The highest BCUT2D eigenvalue weighted by Crippen LogP contribution is 2.27. The summed E-state index contributed by atoms with van der Waals surface area (Å²) in [6.07, 6.45) is -0.172. The maximum absolute atomic E-state index is 9.74. The van der Waals surface area contributed by atoms with Gasteiger partial charge in [0.15, 0.2) is 11.5 Å². The monoisotopic (exact) mass is 277 g/mol. The molecule has 0 bridgehead atoms. The van der Waals surface area contributed by atoms with E-state index in [0.717, 1.165) is 5.96 Å². The Balaban J connectivity index is 2.03. The summed E-state index contributed by atoms with van der Waals surface area (Å²) in [6.45, 7) is 2.23. The number of para-hydroxylation sites is 1. The third kappa shape index (κ3) is 3.11. The normalized spacial score (nSPS) is 17.9. The Kier molecular flexibility index (Phi) is 3.97. The third-order valence-corrected chi connectivity index (χ3v) is 2.82. The molecule has 1 atom stereocenters. The maximum Gasteiger partial charge on any atom is 0.202 e. The van der Waals surface area contributed by atoms with E-state index in [9.17, 15) is 10.2 Å². The smallest absolute Gasteiger partial charge is 0.202 e. The highest BCUT2D eigenvalue weighted by atomic mass is 16.3. The van der Waals surface area contributed by atoms with E-state index in [1.54, 1.807) is 12.1 Å². The summed E-state index contributed by atoms with van der Waals surface area (Å²) >= 11 is 0. The van der Waals surface area contributed by atoms with Gasteiger partial charge in [-0.05, 0) is 13.0 Å². The van der Waals surface area contributed by atoms with Gasteiger partial charge in [0.2, 0.25) is 11.9 Å². The number of hydrogen-bond acceptors (Lipinski definition) is 7. The van der Waals surface area contributed by atoms with Crippen LogP contribution in [0.1, 0.15) is 12.5 Å². The number of nitrogens with one attached hydrogen (secondary N) is 2. The molecule has 0 aromatic heterocycles. The summed E-state index contributed by atoms with van der Waals surface area (Å²) in [7, 11) is 3.78. The molecule has 7 nitrogen and oxygen atoms in total. The van der Waals surface area contributed by atoms with Crippen LogP contribution in [0.15, 0.2) is 28.2 Å². The lowest BCUT2D eigenvalue weighted by Crippen LogP contribution is -2.49. The molecular formula is C13H19N5O2. The van der Waals surface area contributed by atoms with E-state index in [1.807, 2.05) is 25.9 Å². The van der Waals surface area contributed by atoms with Crippen LogP contribution in [0, 0.1) is 0 Å². The fourth-order valence-corrected chi connectivity index (χ4v) is 1.78. The molecule has 4 N–H and O–H groups in total. The highest BCUT2D eigenvalue weighted by Gasteiger charge is 2.15. The van der Waals surface area contributed by atoms with E-state index in [-0.39, 0.29) is 17.7 Å². The molecule has 0 fully saturated rings. The van der Waals surface area contributed by atoms with Crippen LogP contribution in [0.25, 0.3) is 0 Å². The average Bonchev–Trinajstić information content (AvgIpc) is 2.40. The van der Waals surface area contributed by atoms with E-state index in [4.69, 9.17) is 0 Å². The van der Waals surface area contributed by atoms with Crippen LogP contribution >= 0.6 is 0 Å². The third-order valence-electron chi connectivity index (χ3n) is 2.82. The van der Waals surface area contributed by atoms with E-state index >= 15 is 0 Å². The quantitative estimate of drug-likeness (QED) is 0.588. The summed E-state index contributed by atoms with van der Waals surface area (Å²) in [5, 5.41) is 25.3. The van der Waals surface area contributed by atoms with Crippen molar-refractivity contribution < 1.29 is 10.2 Å². The molecule has 108 valence electrons. The minimum atomic E-state index is -0.172. The molecule has 1 aromatic rings. The number of phenolic OH excluding ortho intramolecular Hbond substituents is 2. The molecule has 1 heterocycles. The van der Waals surface area contributed by atoms with Gasteiger partial charge in [-0.15, -0.1) is 0 Å². The summed E-state index contributed by atoms with van der Waals surface area (Å²) in [6, 6.07) is 4.85. The number of aliphatic imine (C=N–C) groups is 2. The fourth-order valence-electron chi connectivity index (χ4n) is 1.78. The zero-order valence-electron chi connectivity index (χ0n) is 11.8. The van der Waals surface area contributed by atoms with Crippen LogP contribution in [0.4, 0.5) is 0 Å². The Morgan fingerprint density at radius 2 is 2.05 bits per heavy atom. The fraction of sp³-hybridized carbons (Fsp3) is 0.385. The van der Waals surface area contributed by atoms with Crippen molar-refractivity contribution in [1.82, 2.24) is 15.5 Å². The molecule has 0 saturated carbocycles. The van der Waals surface area contributed by atoms with Crippen LogP contribution in [0.3, 0.4) is 0 Å². The Morgan fingerprint density at radius 3 is 2.75 bits per heavy atom. The van der Waals surface area contributed by atoms with Crippen LogP contribution in [0.5, 0.6) is 11.5 Å². The van der Waals surface area contributed by atoms with E-state index in [2.05, 4.69) is 20.6 Å². The molecule has 0 amide bonds. The predicted octanol–water partition coefficient (Wildman–Crippen LogP) is 0.410. The topological polar surface area (TPSA) is 92.5 Å². The average molecular weight is 277 g/mol. The lowest BCUT2D eigenvalue weighted by Gasteiger charge is -2.24. The minimum Gasteiger partial charge on any atom is -0.504 e. The number of hydrogen-bond donors (Lipinski definition) is 4. The van der Waals surface area contributed by atoms with Crippen LogP contribution in [-0.2, 0) is 6.54 Å². The van der Waals surface area contributed by atoms with Crippen molar-refractivity contribution in [2.75, 3.05) is 14.1 Å². The molecule has 1 aliphatic rings. The van der Waals surface area contributed by atoms with Crippen molar-refractivity contribution in [2.45, 2.75) is 19.6 Å². The van der Waals surface area contributed by atoms with Crippen LogP contribution < -0.4 is 10.6 Å². The van der Waals surface area contributed by atoms with Crippen molar-refractivity contribution in [3.63, 3.8) is 0 Å². The Morgan fingerprint density at radius 1 is 1.30 bits per heavy atom. The van der Waals surface area contributed by atoms with Crippen molar-refractivity contribution in [2.24, 2.45) is 9.98 Å². The van der Waals surface area contributed by atoms with Gasteiger partial charge in [-0.1, -0.05) is 12.1 Å². The number of phenols is 2. The van der Waals surface area contributed by atoms with E-state index in [1.165, 1.54) is 6.07 Å². The molecule has 2 rings (SSSR count). The van der Waals surface area contributed by atoms with Crippen molar-refractivity contribution in [3.8, 4) is 11.5 Å². The van der Waals surface area contributed by atoms with Gasteiger partial charge in [0, 0.05) is 26.2 Å². The van der Waals surface area contributed by atoms with Crippen molar-refractivity contribution in [1.29, 1.82) is 0 Å². The molecule has 7 heteroatoms. The standard InChI is InChI=1S/C13H19N5O2/c1-8-15-12(17-13(16-8)18(2)3)14-7-9-5-4-6-10(19)11(9)20/h4-6,8,19-20H,7H2,1-3H3,(H2,14,15,16,17). The van der Waals surface area contributed by atoms with Gasteiger partial charge in [-0.3, -0.25) is 5.32 Å². The van der Waals surface area contributed by atoms with Gasteiger partial charge >= 0.3 is 0 Å². The van der Waals surface area contributed by atoms with Crippen LogP contribution in [0.2, 0.25) is 0 Å². The number of aromatic hydroxyl groups is 2. The summed E-state index contributed by atoms with van der Waals surface area (Å²) < 4.78 is 0. The summed E-state index contributed by atoms with van der Waals surface area (Å²) in [4.78, 5) is 10.5. The lowest BCUT2D eigenvalue weighted by molar-refractivity contribution is 0.399. The van der Waals surface area contributed by atoms with Gasteiger partial charge in [0.1, 0.15) is 6.17 Å². The maximum atomic E-state index is 9.74. The number of guanidine groups is 2. The molecular weight excluding hydrogens is 258 g/mol. The van der Waals surface area contributed by atoms with Crippen molar-refractivity contribution >= 4 is 11.9 Å². The zero-order valence-corrected chi connectivity index (χ0v) is 11.8. The first-order valence-corrected chi connectivity index (χ1v) is 6.31. The summed E-state index contributed by atoms with van der Waals surface area (Å²) in [5.74, 6) is 1.05. The summed E-state index contributed by atoms with van der Waals surface area (Å²) in [5.41, 5.74) is 0.594. The SMILES string of the molecule is CC1N=C(NCc2cccc(O)c2O)NC(N(C)C)=N1. The molecule has 1 unspecified atom stereocenters. The number of benzene rings is 1. The van der Waals surface area contributed by atoms with Gasteiger partial charge in [-0.2, -0.15) is 0 Å². The molecule has 0 saturated heterocycles. The van der Waals surface area contributed by atoms with Crippen LogP contribution in [-0.4, -0.2) is 47.3 Å². The van der Waals surface area contributed by atoms with Gasteiger partial charge in [0.25, 0.3) is 0 Å². The molecule has 0 spiro atoms. The molecule has 1 aromatic carbocycles. The first-order valence-electron chi connectivity index (χ1n) is 6.31. The second-order valence-corrected chi connectivity index (χ2v) is 4.72. The number of rotatable bonds is 2. The Hall–Kier alpha value is -2.44. The second-order valence-electron chi connectivity index (χ2n) is 4.72. The first kappa shape index (κ1) is 14.0. The van der Waals surface area contributed by atoms with Gasteiger partial charge in [-0.25, -0.2) is 9.98 Å². The largest absolute Gasteiger partial charge is 0.504 e. The predicted molar refractivity (Wildman–Crippen MR) is 77.8 cm³/mol. The van der Waals surface area contributed by atoms with Crippen molar-refractivity contribution in [3.05, 3.63) is 23.8 Å². The molecule has 20 heavy (non-hydrogen) atoms. The zero-order chi connectivity index (χ0) is 14.7. The Labute approximate surface area is 117 Å². The molecule has 0 radical (unpaired) electrons. The molecule has 1 aliphatic heterocycles. The van der Waals surface area contributed by atoms with Gasteiger partial charge in [0.05, 0.1) is 0 Å². The minimum absolute atomic E-state index is 0.119.